The van der Waals surface area contributed by atoms with Crippen molar-refractivity contribution in [1.82, 2.24) is 5.32 Å². The summed E-state index contributed by atoms with van der Waals surface area (Å²) in [5, 5.41) is 2.77. The summed E-state index contributed by atoms with van der Waals surface area (Å²) in [5.74, 6) is -0.625. The monoisotopic (exact) mass is 243 g/mol. The fourth-order valence-electron chi connectivity index (χ4n) is 2.63. The lowest BCUT2D eigenvalue weighted by atomic mass is 9.94. The van der Waals surface area contributed by atoms with E-state index in [0.29, 0.717) is 13.2 Å². The summed E-state index contributed by atoms with van der Waals surface area (Å²) in [6.07, 6.45) is 0.618. The van der Waals surface area contributed by atoms with E-state index in [4.69, 9.17) is 14.2 Å². The lowest BCUT2D eigenvalue weighted by molar-refractivity contribution is -0.189. The van der Waals surface area contributed by atoms with Crippen LogP contribution < -0.4 is 5.32 Å². The molecule has 0 aromatic rings. The smallest absolute Gasteiger partial charge is 0.216 e. The summed E-state index contributed by atoms with van der Waals surface area (Å²) < 4.78 is 17.6. The molecule has 5 nitrogen and oxygen atoms in total. The molecule has 0 aliphatic carbocycles. The number of hydrogen-bond acceptors (Lipinski definition) is 4. The third-order valence-electron chi connectivity index (χ3n) is 3.41. The molecule has 2 rings (SSSR count). The molecule has 98 valence electrons. The predicted molar refractivity (Wildman–Crippen MR) is 61.5 cm³/mol. The molecule has 0 radical (unpaired) electrons. The first-order chi connectivity index (χ1) is 7.88. The summed E-state index contributed by atoms with van der Waals surface area (Å²) in [6.45, 7) is 8.40. The number of fused-ring (bicyclic) bond motifs is 1. The summed E-state index contributed by atoms with van der Waals surface area (Å²) in [5.41, 5.74) is -0.355. The van der Waals surface area contributed by atoms with Crippen LogP contribution in [0.3, 0.4) is 0 Å². The number of rotatable bonds is 3. The third-order valence-corrected chi connectivity index (χ3v) is 3.41. The second-order valence-corrected chi connectivity index (χ2v) is 5.25. The highest BCUT2D eigenvalue weighted by Crippen LogP contribution is 2.44. The summed E-state index contributed by atoms with van der Waals surface area (Å²) in [6, 6.07) is 0. The maximum atomic E-state index is 10.9. The van der Waals surface area contributed by atoms with E-state index in [-0.39, 0.29) is 23.7 Å². The molecule has 17 heavy (non-hydrogen) atoms. The Bertz CT molecular complexity index is 318. The van der Waals surface area contributed by atoms with E-state index >= 15 is 0 Å². The van der Waals surface area contributed by atoms with Gasteiger partial charge in [0.1, 0.15) is 17.8 Å². The van der Waals surface area contributed by atoms with Crippen molar-refractivity contribution in [1.29, 1.82) is 0 Å². The predicted octanol–water partition coefficient (Wildman–Crippen LogP) is 0.822. The molecule has 2 aliphatic rings. The van der Waals surface area contributed by atoms with Crippen molar-refractivity contribution >= 4 is 5.91 Å². The number of ether oxygens (including phenoxy) is 3. The van der Waals surface area contributed by atoms with Gasteiger partial charge in [0.2, 0.25) is 5.91 Å². The minimum absolute atomic E-state index is 0.0548. The average molecular weight is 243 g/mol. The Hall–Kier alpha value is -0.650. The lowest BCUT2D eigenvalue weighted by Crippen LogP contribution is -2.44. The van der Waals surface area contributed by atoms with Crippen LogP contribution in [-0.4, -0.2) is 42.7 Å². The molecular weight excluding hydrogens is 222 g/mol. The molecular formula is C12H21NO4. The topological polar surface area (TPSA) is 56.8 Å². The second kappa shape index (κ2) is 4.23. The van der Waals surface area contributed by atoms with Crippen LogP contribution in [0.2, 0.25) is 0 Å². The number of hydrogen-bond donors (Lipinski definition) is 1. The van der Waals surface area contributed by atoms with E-state index < -0.39 is 5.79 Å². The normalized spacial score (nSPS) is 39.1. The van der Waals surface area contributed by atoms with Crippen molar-refractivity contribution in [3.63, 3.8) is 0 Å². The van der Waals surface area contributed by atoms with Crippen LogP contribution in [-0.2, 0) is 19.0 Å². The van der Waals surface area contributed by atoms with Crippen molar-refractivity contribution in [2.75, 3.05) is 13.2 Å². The number of nitrogens with one attached hydrogen (secondary N) is 1. The number of amides is 1. The van der Waals surface area contributed by atoms with Crippen LogP contribution in [0.1, 0.15) is 34.1 Å². The van der Waals surface area contributed by atoms with Crippen molar-refractivity contribution in [3.05, 3.63) is 0 Å². The van der Waals surface area contributed by atoms with Gasteiger partial charge in [-0.05, 0) is 20.3 Å². The zero-order chi connectivity index (χ0) is 12.7. The zero-order valence-electron chi connectivity index (χ0n) is 10.9. The van der Waals surface area contributed by atoms with Gasteiger partial charge in [0.25, 0.3) is 0 Å². The molecule has 2 saturated heterocycles. The molecule has 2 fully saturated rings. The van der Waals surface area contributed by atoms with E-state index in [1.807, 2.05) is 13.8 Å². The van der Waals surface area contributed by atoms with E-state index in [1.165, 1.54) is 6.92 Å². The number of carbonyl (C=O) groups excluding carboxylic acids is 1. The summed E-state index contributed by atoms with van der Waals surface area (Å²) >= 11 is 0. The number of carbonyl (C=O) groups is 1. The van der Waals surface area contributed by atoms with Crippen LogP contribution in [0, 0.1) is 0 Å². The molecule has 1 amide bonds. The molecule has 2 heterocycles. The van der Waals surface area contributed by atoms with E-state index in [9.17, 15) is 4.79 Å². The van der Waals surface area contributed by atoms with Crippen LogP contribution in [0.4, 0.5) is 0 Å². The lowest BCUT2D eigenvalue weighted by Gasteiger charge is -2.25. The molecule has 0 unspecified atom stereocenters. The minimum Gasteiger partial charge on any atom is -0.370 e. The standard InChI is InChI=1S/C12H21NO4/c1-5-12-7-15-9(6-13-8(2)14)10(12)16-11(3,4)17-12/h9-10H,5-7H2,1-4H3,(H,13,14)/t9-,10-,12+/m1/s1. The highest BCUT2D eigenvalue weighted by molar-refractivity contribution is 5.72. The first kappa shape index (κ1) is 12.8. The van der Waals surface area contributed by atoms with Gasteiger partial charge in [0, 0.05) is 13.5 Å². The highest BCUT2D eigenvalue weighted by Gasteiger charge is 2.59. The molecule has 0 aromatic carbocycles. The molecule has 3 atom stereocenters. The van der Waals surface area contributed by atoms with Gasteiger partial charge < -0.3 is 19.5 Å². The Morgan fingerprint density at radius 1 is 1.47 bits per heavy atom. The first-order valence-corrected chi connectivity index (χ1v) is 6.12. The SMILES string of the molecule is CC[C@]12CO[C@H](CNC(C)=O)[C@H]1OC(C)(C)O2. The van der Waals surface area contributed by atoms with Crippen LogP contribution in [0.15, 0.2) is 0 Å². The molecule has 0 saturated carbocycles. The Kier molecular flexibility index (Phi) is 3.18. The molecule has 0 bridgehead atoms. The van der Waals surface area contributed by atoms with Crippen molar-refractivity contribution in [2.24, 2.45) is 0 Å². The average Bonchev–Trinajstić information content (AvgIpc) is 2.66. The van der Waals surface area contributed by atoms with Gasteiger partial charge in [-0.25, -0.2) is 0 Å². The van der Waals surface area contributed by atoms with E-state index in [1.54, 1.807) is 0 Å². The first-order valence-electron chi connectivity index (χ1n) is 6.12. The Morgan fingerprint density at radius 2 is 2.18 bits per heavy atom. The quantitative estimate of drug-likeness (QED) is 0.797. The third kappa shape index (κ3) is 2.32. The molecule has 0 spiro atoms. The minimum atomic E-state index is -0.571. The van der Waals surface area contributed by atoms with Crippen LogP contribution >= 0.6 is 0 Å². The van der Waals surface area contributed by atoms with Crippen molar-refractivity contribution < 1.29 is 19.0 Å². The van der Waals surface area contributed by atoms with E-state index in [2.05, 4.69) is 12.2 Å². The second-order valence-electron chi connectivity index (χ2n) is 5.25. The summed E-state index contributed by atoms with van der Waals surface area (Å²) in [4.78, 5) is 10.9. The molecule has 2 aliphatic heterocycles. The van der Waals surface area contributed by atoms with E-state index in [0.717, 1.165) is 6.42 Å². The Balaban J connectivity index is 2.07. The van der Waals surface area contributed by atoms with Crippen molar-refractivity contribution in [2.45, 2.75) is 57.7 Å². The molecule has 5 heteroatoms. The van der Waals surface area contributed by atoms with Gasteiger partial charge in [0.15, 0.2) is 5.79 Å². The fourth-order valence-corrected chi connectivity index (χ4v) is 2.63. The van der Waals surface area contributed by atoms with Crippen LogP contribution in [0.5, 0.6) is 0 Å². The van der Waals surface area contributed by atoms with Gasteiger partial charge in [-0.2, -0.15) is 0 Å². The van der Waals surface area contributed by atoms with Gasteiger partial charge in [-0.15, -0.1) is 0 Å². The Morgan fingerprint density at radius 3 is 2.76 bits per heavy atom. The van der Waals surface area contributed by atoms with Gasteiger partial charge in [-0.1, -0.05) is 6.92 Å². The maximum Gasteiger partial charge on any atom is 0.216 e. The molecule has 1 N–H and O–H groups in total. The Labute approximate surface area is 102 Å². The largest absolute Gasteiger partial charge is 0.370 e. The van der Waals surface area contributed by atoms with Gasteiger partial charge in [-0.3, -0.25) is 4.79 Å². The maximum absolute atomic E-state index is 10.9. The highest BCUT2D eigenvalue weighted by atomic mass is 16.8. The fraction of sp³-hybridized carbons (Fsp3) is 0.917. The molecule has 0 aromatic heterocycles. The van der Waals surface area contributed by atoms with Crippen molar-refractivity contribution in [3.8, 4) is 0 Å². The van der Waals surface area contributed by atoms with Crippen LogP contribution in [0.25, 0.3) is 0 Å². The summed E-state index contributed by atoms with van der Waals surface area (Å²) in [7, 11) is 0. The van der Waals surface area contributed by atoms with Gasteiger partial charge in [0.05, 0.1) is 6.61 Å². The zero-order valence-corrected chi connectivity index (χ0v) is 10.9. The van der Waals surface area contributed by atoms with Gasteiger partial charge >= 0.3 is 0 Å².